The van der Waals surface area contributed by atoms with Gasteiger partial charge in [0.1, 0.15) is 0 Å². The molecule has 8 nitrogen and oxygen atoms in total. The highest BCUT2D eigenvalue weighted by Gasteiger charge is 2.13. The Hall–Kier alpha value is -3.17. The van der Waals surface area contributed by atoms with E-state index in [9.17, 15) is 18.0 Å². The van der Waals surface area contributed by atoms with Crippen molar-refractivity contribution in [3.05, 3.63) is 76.1 Å². The van der Waals surface area contributed by atoms with Crippen molar-refractivity contribution in [2.75, 3.05) is 6.26 Å². The second-order valence-corrected chi connectivity index (χ2v) is 9.04. The molecule has 30 heavy (non-hydrogen) atoms. The molecule has 1 aromatic heterocycles. The summed E-state index contributed by atoms with van der Waals surface area (Å²) in [6.45, 7) is 3.66. The van der Waals surface area contributed by atoms with Gasteiger partial charge in [-0.2, -0.15) is 5.10 Å². The number of halogens is 1. The quantitative estimate of drug-likeness (QED) is 0.598. The molecular formula is C20H19ClN4O4S. The van der Waals surface area contributed by atoms with E-state index in [1.165, 1.54) is 24.3 Å². The molecule has 10 heteroatoms. The molecule has 2 N–H and O–H groups in total. The zero-order valence-corrected chi connectivity index (χ0v) is 18.0. The molecule has 0 radical (unpaired) electrons. The Morgan fingerprint density at radius 2 is 1.37 bits per heavy atom. The molecule has 0 bridgehead atoms. The normalized spacial score (nSPS) is 11.2. The van der Waals surface area contributed by atoms with E-state index in [1.54, 1.807) is 28.9 Å². The average molecular weight is 447 g/mol. The van der Waals surface area contributed by atoms with E-state index in [2.05, 4.69) is 16.0 Å². The molecule has 0 saturated heterocycles. The number of aromatic nitrogens is 2. The Morgan fingerprint density at radius 1 is 0.900 bits per heavy atom. The zero-order valence-electron chi connectivity index (χ0n) is 16.4. The highest BCUT2D eigenvalue weighted by Crippen LogP contribution is 2.22. The number of aryl methyl sites for hydroxylation is 1. The van der Waals surface area contributed by atoms with Gasteiger partial charge in [-0.25, -0.2) is 13.1 Å². The molecule has 3 rings (SSSR count). The van der Waals surface area contributed by atoms with Crippen LogP contribution in [0.5, 0.6) is 0 Å². The molecule has 0 atom stereocenters. The molecule has 2 aromatic carbocycles. The fourth-order valence-corrected chi connectivity index (χ4v) is 3.49. The summed E-state index contributed by atoms with van der Waals surface area (Å²) < 4.78 is 24.6. The summed E-state index contributed by atoms with van der Waals surface area (Å²) in [6, 6.07) is 12.0. The second kappa shape index (κ2) is 8.29. The Morgan fingerprint density at radius 3 is 1.77 bits per heavy atom. The highest BCUT2D eigenvalue weighted by molar-refractivity contribution is 7.90. The van der Waals surface area contributed by atoms with Crippen molar-refractivity contribution < 1.29 is 18.0 Å². The van der Waals surface area contributed by atoms with Gasteiger partial charge < -0.3 is 0 Å². The van der Waals surface area contributed by atoms with Crippen LogP contribution in [0.4, 0.5) is 0 Å². The van der Waals surface area contributed by atoms with Crippen molar-refractivity contribution in [3.8, 4) is 5.69 Å². The number of hydrazine groups is 1. The maximum atomic E-state index is 12.3. The lowest BCUT2D eigenvalue weighted by Gasteiger charge is -2.09. The summed E-state index contributed by atoms with van der Waals surface area (Å²) in [5.41, 5.74) is 7.41. The maximum absolute atomic E-state index is 12.3. The maximum Gasteiger partial charge on any atom is 0.269 e. The minimum absolute atomic E-state index is 0.104. The largest absolute Gasteiger partial charge is 0.269 e. The van der Waals surface area contributed by atoms with Crippen LogP contribution in [0.2, 0.25) is 5.02 Å². The number of nitrogens with zero attached hydrogens (tertiary/aromatic N) is 2. The molecule has 156 valence electrons. The molecule has 2 amide bonds. The number of nitrogens with one attached hydrogen (secondary N) is 2. The van der Waals surface area contributed by atoms with E-state index >= 15 is 0 Å². The van der Waals surface area contributed by atoms with E-state index in [-0.39, 0.29) is 10.5 Å². The summed E-state index contributed by atoms with van der Waals surface area (Å²) >= 11 is 6.16. The van der Waals surface area contributed by atoms with Gasteiger partial charge in [0.25, 0.3) is 11.8 Å². The minimum atomic E-state index is -3.35. The molecule has 0 aliphatic rings. The van der Waals surface area contributed by atoms with Gasteiger partial charge in [0, 0.05) is 17.4 Å². The smallest absolute Gasteiger partial charge is 0.267 e. The summed E-state index contributed by atoms with van der Waals surface area (Å²) in [7, 11) is -3.35. The SMILES string of the molecule is Cc1nn(-c2ccc(C(=O)NNC(=O)c3ccc(S(C)(=O)=O)cc3)cc2)c(C)c1Cl. The van der Waals surface area contributed by atoms with Crippen molar-refractivity contribution in [2.24, 2.45) is 0 Å². The first kappa shape index (κ1) is 21.5. The zero-order chi connectivity index (χ0) is 22.1. The van der Waals surface area contributed by atoms with E-state index in [4.69, 9.17) is 11.6 Å². The monoisotopic (exact) mass is 446 g/mol. The molecule has 0 fully saturated rings. The lowest BCUT2D eigenvalue weighted by molar-refractivity contribution is 0.0846. The highest BCUT2D eigenvalue weighted by atomic mass is 35.5. The third kappa shape index (κ3) is 4.52. The van der Waals surface area contributed by atoms with E-state index in [1.807, 2.05) is 13.8 Å². The Kier molecular flexibility index (Phi) is 5.95. The number of carbonyl (C=O) groups excluding carboxylic acids is 2. The molecular weight excluding hydrogens is 428 g/mol. The van der Waals surface area contributed by atoms with Crippen molar-refractivity contribution in [2.45, 2.75) is 18.7 Å². The van der Waals surface area contributed by atoms with Crippen LogP contribution in [-0.4, -0.2) is 36.3 Å². The van der Waals surface area contributed by atoms with Crippen molar-refractivity contribution in [3.63, 3.8) is 0 Å². The third-order valence-corrected chi connectivity index (χ3v) is 6.09. The molecule has 0 saturated carbocycles. The number of amides is 2. The minimum Gasteiger partial charge on any atom is -0.267 e. The second-order valence-electron chi connectivity index (χ2n) is 6.65. The predicted octanol–water partition coefficient (Wildman–Crippen LogP) is 2.62. The predicted molar refractivity (Wildman–Crippen MR) is 113 cm³/mol. The fraction of sp³-hybridized carbons (Fsp3) is 0.150. The summed E-state index contributed by atoms with van der Waals surface area (Å²) in [5, 5.41) is 4.95. The van der Waals surface area contributed by atoms with Gasteiger partial charge in [-0.1, -0.05) is 11.6 Å². The van der Waals surface area contributed by atoms with Crippen LogP contribution in [0.25, 0.3) is 5.69 Å². The van der Waals surface area contributed by atoms with E-state index in [0.717, 1.165) is 17.6 Å². The van der Waals surface area contributed by atoms with Crippen LogP contribution >= 0.6 is 11.6 Å². The summed E-state index contributed by atoms with van der Waals surface area (Å²) in [4.78, 5) is 24.5. The first-order valence-electron chi connectivity index (χ1n) is 8.81. The number of carbonyl (C=O) groups is 2. The Balaban J connectivity index is 1.65. The number of rotatable bonds is 4. The summed E-state index contributed by atoms with van der Waals surface area (Å²) in [6.07, 6.45) is 1.08. The third-order valence-electron chi connectivity index (χ3n) is 4.41. The molecule has 3 aromatic rings. The standard InChI is InChI=1S/C20H19ClN4O4S/c1-12-18(21)13(2)25(24-12)16-8-4-14(5-9-16)19(26)22-23-20(27)15-6-10-17(11-7-15)30(3,28)29/h4-11H,1-3H3,(H,22,26)(H,23,27). The van der Waals surface area contributed by atoms with Gasteiger partial charge >= 0.3 is 0 Å². The van der Waals surface area contributed by atoms with Crippen LogP contribution in [0.1, 0.15) is 32.1 Å². The van der Waals surface area contributed by atoms with Crippen LogP contribution in [0.15, 0.2) is 53.4 Å². The van der Waals surface area contributed by atoms with Gasteiger partial charge in [-0.3, -0.25) is 20.4 Å². The number of hydrogen-bond donors (Lipinski definition) is 2. The molecule has 1 heterocycles. The Bertz CT molecular complexity index is 1220. The van der Waals surface area contributed by atoms with Gasteiger partial charge in [0.15, 0.2) is 9.84 Å². The van der Waals surface area contributed by atoms with Crippen LogP contribution < -0.4 is 10.9 Å². The molecule has 0 aliphatic heterocycles. The van der Waals surface area contributed by atoms with Gasteiger partial charge in [0.05, 0.1) is 27.0 Å². The molecule has 0 aliphatic carbocycles. The summed E-state index contributed by atoms with van der Waals surface area (Å²) in [5.74, 6) is -1.08. The lowest BCUT2D eigenvalue weighted by atomic mass is 10.2. The van der Waals surface area contributed by atoms with Gasteiger partial charge in [0.2, 0.25) is 0 Å². The fourth-order valence-electron chi connectivity index (χ4n) is 2.74. The van der Waals surface area contributed by atoms with Crippen LogP contribution in [-0.2, 0) is 9.84 Å². The van der Waals surface area contributed by atoms with Gasteiger partial charge in [-0.05, 0) is 62.4 Å². The lowest BCUT2D eigenvalue weighted by Crippen LogP contribution is -2.41. The first-order chi connectivity index (χ1) is 14.1. The van der Waals surface area contributed by atoms with Crippen LogP contribution in [0.3, 0.4) is 0 Å². The topological polar surface area (TPSA) is 110 Å². The average Bonchev–Trinajstić information content (AvgIpc) is 2.98. The molecule has 0 spiro atoms. The van der Waals surface area contributed by atoms with E-state index in [0.29, 0.717) is 16.3 Å². The van der Waals surface area contributed by atoms with Crippen LogP contribution in [0, 0.1) is 13.8 Å². The number of hydrogen-bond acceptors (Lipinski definition) is 5. The van der Waals surface area contributed by atoms with Crippen molar-refractivity contribution in [1.29, 1.82) is 0 Å². The van der Waals surface area contributed by atoms with Crippen molar-refractivity contribution >= 4 is 33.3 Å². The van der Waals surface area contributed by atoms with E-state index < -0.39 is 21.7 Å². The first-order valence-corrected chi connectivity index (χ1v) is 11.1. The van der Waals surface area contributed by atoms with Gasteiger partial charge in [-0.15, -0.1) is 0 Å². The number of sulfone groups is 1. The number of benzene rings is 2. The van der Waals surface area contributed by atoms with Crippen molar-refractivity contribution in [1.82, 2.24) is 20.6 Å². The Labute approximate surface area is 178 Å². The molecule has 0 unspecified atom stereocenters.